The van der Waals surface area contributed by atoms with Crippen LogP contribution in [-0.2, 0) is 24.1 Å². The van der Waals surface area contributed by atoms with Crippen LogP contribution in [-0.4, -0.2) is 60.9 Å². The van der Waals surface area contributed by atoms with Crippen molar-refractivity contribution >= 4 is 5.95 Å². The zero-order valence-electron chi connectivity index (χ0n) is 16.4. The van der Waals surface area contributed by atoms with E-state index in [0.29, 0.717) is 25.8 Å². The molecule has 1 aromatic carbocycles. The van der Waals surface area contributed by atoms with Gasteiger partial charge in [0.1, 0.15) is 5.75 Å². The number of H-pyrrole nitrogens is 1. The highest BCUT2D eigenvalue weighted by Gasteiger charge is 2.21. The molecule has 0 unspecified atom stereocenters. The Morgan fingerprint density at radius 3 is 2.61 bits per heavy atom. The molecule has 7 nitrogen and oxygen atoms in total. The number of nitrogens with zero attached hydrogens (tertiary/aromatic N) is 3. The van der Waals surface area contributed by atoms with Crippen molar-refractivity contribution < 1.29 is 9.47 Å². The third-order valence-corrected chi connectivity index (χ3v) is 5.38. The van der Waals surface area contributed by atoms with E-state index in [2.05, 4.69) is 26.9 Å². The van der Waals surface area contributed by atoms with Crippen LogP contribution in [0.4, 0.5) is 5.95 Å². The third kappa shape index (κ3) is 4.36. The molecular weight excluding hydrogens is 356 g/mol. The molecule has 1 saturated heterocycles. The molecule has 0 spiro atoms. The Kier molecular flexibility index (Phi) is 5.92. The highest BCUT2D eigenvalue weighted by Crippen LogP contribution is 2.18. The molecule has 0 bridgehead atoms. The summed E-state index contributed by atoms with van der Waals surface area (Å²) < 4.78 is 10.9. The predicted octanol–water partition coefficient (Wildman–Crippen LogP) is 1.61. The molecular formula is C21H28N4O3. The number of aromatic amines is 1. The lowest BCUT2D eigenvalue weighted by Gasteiger charge is -2.27. The summed E-state index contributed by atoms with van der Waals surface area (Å²) in [4.78, 5) is 24.9. The van der Waals surface area contributed by atoms with Crippen LogP contribution in [0.5, 0.6) is 5.75 Å². The number of benzene rings is 1. The third-order valence-electron chi connectivity index (χ3n) is 5.38. The molecule has 3 heterocycles. The van der Waals surface area contributed by atoms with Gasteiger partial charge in [-0.3, -0.25) is 14.7 Å². The van der Waals surface area contributed by atoms with Gasteiger partial charge in [0.15, 0.2) is 0 Å². The molecule has 2 aliphatic heterocycles. The Morgan fingerprint density at radius 1 is 1.11 bits per heavy atom. The lowest BCUT2D eigenvalue weighted by atomic mass is 10.1. The topological polar surface area (TPSA) is 70.7 Å². The SMILES string of the molecule is CCOc1ccc(CN2CCc3nc(N4CCOCC4)[nH]c(=O)c3CC2)cc1. The van der Waals surface area contributed by atoms with Gasteiger partial charge in [-0.05, 0) is 31.0 Å². The van der Waals surface area contributed by atoms with Crippen LogP contribution in [0.2, 0.25) is 0 Å². The minimum absolute atomic E-state index is 0.00871. The normalized spacial score (nSPS) is 17.8. The number of aromatic nitrogens is 2. The van der Waals surface area contributed by atoms with E-state index in [4.69, 9.17) is 14.5 Å². The molecule has 0 aliphatic carbocycles. The van der Waals surface area contributed by atoms with E-state index in [1.807, 2.05) is 19.1 Å². The fourth-order valence-electron chi connectivity index (χ4n) is 3.84. The second-order valence-corrected chi connectivity index (χ2v) is 7.27. The van der Waals surface area contributed by atoms with Gasteiger partial charge in [0.25, 0.3) is 5.56 Å². The van der Waals surface area contributed by atoms with Gasteiger partial charge in [-0.2, -0.15) is 0 Å². The Labute approximate surface area is 165 Å². The molecule has 1 N–H and O–H groups in total. The van der Waals surface area contributed by atoms with E-state index in [-0.39, 0.29) is 5.56 Å². The maximum atomic E-state index is 12.7. The zero-order valence-corrected chi connectivity index (χ0v) is 16.4. The van der Waals surface area contributed by atoms with Crippen molar-refractivity contribution in [3.63, 3.8) is 0 Å². The number of fused-ring (bicyclic) bond motifs is 1. The average Bonchev–Trinajstić information content (AvgIpc) is 2.93. The predicted molar refractivity (Wildman–Crippen MR) is 108 cm³/mol. The van der Waals surface area contributed by atoms with Crippen molar-refractivity contribution in [1.82, 2.24) is 14.9 Å². The van der Waals surface area contributed by atoms with E-state index in [9.17, 15) is 4.79 Å². The van der Waals surface area contributed by atoms with Crippen molar-refractivity contribution in [2.75, 3.05) is 50.9 Å². The van der Waals surface area contributed by atoms with E-state index >= 15 is 0 Å². The summed E-state index contributed by atoms with van der Waals surface area (Å²) in [6.45, 7) is 8.20. The first-order valence-electron chi connectivity index (χ1n) is 10.1. The van der Waals surface area contributed by atoms with E-state index < -0.39 is 0 Å². The monoisotopic (exact) mass is 384 g/mol. The standard InChI is InChI=1S/C21H28N4O3/c1-2-28-17-5-3-16(4-6-17)15-24-9-7-18-19(8-10-24)22-21(23-20(18)26)25-11-13-27-14-12-25/h3-6H,2,7-15H2,1H3,(H,22,23,26). The Hall–Kier alpha value is -2.38. The minimum Gasteiger partial charge on any atom is -0.494 e. The summed E-state index contributed by atoms with van der Waals surface area (Å²) in [6.07, 6.45) is 1.53. The van der Waals surface area contributed by atoms with Gasteiger partial charge in [0.2, 0.25) is 5.95 Å². The molecule has 2 aromatic rings. The number of hydrogen-bond acceptors (Lipinski definition) is 6. The van der Waals surface area contributed by atoms with Crippen molar-refractivity contribution in [1.29, 1.82) is 0 Å². The van der Waals surface area contributed by atoms with Gasteiger partial charge in [-0.1, -0.05) is 12.1 Å². The van der Waals surface area contributed by atoms with E-state index in [1.54, 1.807) is 0 Å². The maximum Gasteiger partial charge on any atom is 0.255 e. The molecule has 0 saturated carbocycles. The molecule has 28 heavy (non-hydrogen) atoms. The molecule has 7 heteroatoms. The van der Waals surface area contributed by atoms with E-state index in [1.165, 1.54) is 5.56 Å². The lowest BCUT2D eigenvalue weighted by Crippen LogP contribution is -2.38. The van der Waals surface area contributed by atoms with Gasteiger partial charge in [-0.25, -0.2) is 4.98 Å². The molecule has 2 aliphatic rings. The van der Waals surface area contributed by atoms with Gasteiger partial charge in [0.05, 0.1) is 25.5 Å². The fraction of sp³-hybridized carbons (Fsp3) is 0.524. The van der Waals surface area contributed by atoms with Crippen molar-refractivity contribution in [3.8, 4) is 5.75 Å². The Balaban J connectivity index is 1.44. The first-order chi connectivity index (χ1) is 13.7. The molecule has 1 fully saturated rings. The Morgan fingerprint density at radius 2 is 1.86 bits per heavy atom. The number of nitrogens with one attached hydrogen (secondary N) is 1. The average molecular weight is 384 g/mol. The molecule has 4 rings (SSSR count). The van der Waals surface area contributed by atoms with Crippen molar-refractivity contribution in [3.05, 3.63) is 51.4 Å². The van der Waals surface area contributed by atoms with Crippen LogP contribution in [0, 0.1) is 0 Å². The smallest absolute Gasteiger partial charge is 0.255 e. The van der Waals surface area contributed by atoms with Crippen LogP contribution < -0.4 is 15.2 Å². The lowest BCUT2D eigenvalue weighted by molar-refractivity contribution is 0.122. The fourth-order valence-corrected chi connectivity index (χ4v) is 3.84. The van der Waals surface area contributed by atoms with E-state index in [0.717, 1.165) is 62.6 Å². The number of morpholine rings is 1. The van der Waals surface area contributed by atoms with Crippen LogP contribution in [0.3, 0.4) is 0 Å². The van der Waals surface area contributed by atoms with Gasteiger partial charge in [-0.15, -0.1) is 0 Å². The highest BCUT2D eigenvalue weighted by atomic mass is 16.5. The summed E-state index contributed by atoms with van der Waals surface area (Å²) in [5.74, 6) is 1.59. The zero-order chi connectivity index (χ0) is 19.3. The summed E-state index contributed by atoms with van der Waals surface area (Å²) in [5, 5.41) is 0. The second kappa shape index (κ2) is 8.75. The summed E-state index contributed by atoms with van der Waals surface area (Å²) in [5.41, 5.74) is 3.05. The van der Waals surface area contributed by atoms with Crippen molar-refractivity contribution in [2.45, 2.75) is 26.3 Å². The first kappa shape index (κ1) is 19.0. The van der Waals surface area contributed by atoms with Crippen molar-refractivity contribution in [2.24, 2.45) is 0 Å². The number of hydrogen-bond donors (Lipinski definition) is 1. The summed E-state index contributed by atoms with van der Waals surface area (Å²) >= 11 is 0. The van der Waals surface area contributed by atoms with Crippen LogP contribution >= 0.6 is 0 Å². The maximum absolute atomic E-state index is 12.7. The van der Waals surface area contributed by atoms with Gasteiger partial charge in [0, 0.05) is 44.7 Å². The molecule has 0 atom stereocenters. The number of ether oxygens (including phenoxy) is 2. The molecule has 0 amide bonds. The van der Waals surface area contributed by atoms with Crippen LogP contribution in [0.15, 0.2) is 29.1 Å². The minimum atomic E-state index is 0.00871. The summed E-state index contributed by atoms with van der Waals surface area (Å²) in [7, 11) is 0. The molecule has 0 radical (unpaired) electrons. The summed E-state index contributed by atoms with van der Waals surface area (Å²) in [6, 6.07) is 8.27. The first-order valence-corrected chi connectivity index (χ1v) is 10.1. The largest absolute Gasteiger partial charge is 0.494 e. The van der Waals surface area contributed by atoms with Gasteiger partial charge < -0.3 is 14.4 Å². The number of anilines is 1. The van der Waals surface area contributed by atoms with Gasteiger partial charge >= 0.3 is 0 Å². The number of rotatable bonds is 5. The van der Waals surface area contributed by atoms with Crippen LogP contribution in [0.25, 0.3) is 0 Å². The highest BCUT2D eigenvalue weighted by molar-refractivity contribution is 5.34. The second-order valence-electron chi connectivity index (χ2n) is 7.27. The van der Waals surface area contributed by atoms with Crippen LogP contribution in [0.1, 0.15) is 23.7 Å². The molecule has 150 valence electrons. The quantitative estimate of drug-likeness (QED) is 0.845. The molecule has 1 aromatic heterocycles. The Bertz CT molecular complexity index is 844.